The molecule has 0 saturated carbocycles. The SMILES string of the molecule is COCCCN(CC(=O)N(CCc1ccc(OC)c(OC)c1)Cc1cccs1)S(=O)(=O)c1ccc(Cl)cc1. The number of hydrogen-bond donors (Lipinski definition) is 0. The molecule has 11 heteroatoms. The van der Waals surface area contributed by atoms with Gasteiger partial charge in [0.1, 0.15) is 0 Å². The lowest BCUT2D eigenvalue weighted by Gasteiger charge is -2.27. The summed E-state index contributed by atoms with van der Waals surface area (Å²) in [6.45, 7) is 1.02. The molecular formula is C27H33ClN2O6S2. The van der Waals surface area contributed by atoms with Gasteiger partial charge in [0, 0.05) is 36.7 Å². The molecule has 1 amide bonds. The first-order chi connectivity index (χ1) is 18.3. The second-order valence-electron chi connectivity index (χ2n) is 8.47. The zero-order chi connectivity index (χ0) is 27.5. The predicted octanol–water partition coefficient (Wildman–Crippen LogP) is 4.72. The van der Waals surface area contributed by atoms with Crippen LogP contribution in [0.1, 0.15) is 16.9 Å². The summed E-state index contributed by atoms with van der Waals surface area (Å²) in [6.07, 6.45) is 1.01. The highest BCUT2D eigenvalue weighted by Crippen LogP contribution is 2.28. The molecule has 1 aromatic heterocycles. The molecule has 0 aliphatic rings. The Bertz CT molecular complexity index is 1270. The van der Waals surface area contributed by atoms with E-state index in [1.165, 1.54) is 28.6 Å². The monoisotopic (exact) mass is 580 g/mol. The number of hydrogen-bond acceptors (Lipinski definition) is 7. The van der Waals surface area contributed by atoms with E-state index >= 15 is 0 Å². The lowest BCUT2D eigenvalue weighted by molar-refractivity contribution is -0.132. The number of ether oxygens (including phenoxy) is 3. The number of methoxy groups -OCH3 is 3. The van der Waals surface area contributed by atoms with E-state index in [1.54, 1.807) is 37.6 Å². The van der Waals surface area contributed by atoms with E-state index in [9.17, 15) is 13.2 Å². The number of halogens is 1. The van der Waals surface area contributed by atoms with Gasteiger partial charge < -0.3 is 19.1 Å². The maximum Gasteiger partial charge on any atom is 0.243 e. The number of thiophene rings is 1. The van der Waals surface area contributed by atoms with Crippen molar-refractivity contribution in [3.63, 3.8) is 0 Å². The van der Waals surface area contributed by atoms with Gasteiger partial charge in [0.2, 0.25) is 15.9 Å². The van der Waals surface area contributed by atoms with Crippen molar-refractivity contribution in [1.82, 2.24) is 9.21 Å². The minimum absolute atomic E-state index is 0.0854. The molecule has 0 saturated heterocycles. The van der Waals surface area contributed by atoms with Gasteiger partial charge >= 0.3 is 0 Å². The highest BCUT2D eigenvalue weighted by atomic mass is 35.5. The largest absolute Gasteiger partial charge is 0.493 e. The van der Waals surface area contributed by atoms with Crippen LogP contribution in [0, 0.1) is 0 Å². The number of benzene rings is 2. The molecule has 38 heavy (non-hydrogen) atoms. The zero-order valence-electron chi connectivity index (χ0n) is 21.8. The molecule has 0 N–H and O–H groups in total. The lowest BCUT2D eigenvalue weighted by Crippen LogP contribution is -2.43. The zero-order valence-corrected chi connectivity index (χ0v) is 24.2. The summed E-state index contributed by atoms with van der Waals surface area (Å²) in [5.41, 5.74) is 0.970. The lowest BCUT2D eigenvalue weighted by atomic mass is 10.1. The Morgan fingerprint density at radius 2 is 1.71 bits per heavy atom. The van der Waals surface area contributed by atoms with Gasteiger partial charge in [-0.1, -0.05) is 23.7 Å². The van der Waals surface area contributed by atoms with Crippen molar-refractivity contribution in [2.45, 2.75) is 24.3 Å². The summed E-state index contributed by atoms with van der Waals surface area (Å²) in [4.78, 5) is 16.4. The first-order valence-electron chi connectivity index (χ1n) is 12.0. The van der Waals surface area contributed by atoms with E-state index < -0.39 is 10.0 Å². The quantitative estimate of drug-likeness (QED) is 0.242. The van der Waals surface area contributed by atoms with Crippen molar-refractivity contribution in [2.75, 3.05) is 47.6 Å². The topological polar surface area (TPSA) is 85.4 Å². The number of amides is 1. The van der Waals surface area contributed by atoms with Crippen LogP contribution in [-0.4, -0.2) is 71.1 Å². The third kappa shape index (κ3) is 8.18. The highest BCUT2D eigenvalue weighted by Gasteiger charge is 2.28. The van der Waals surface area contributed by atoms with Crippen LogP contribution < -0.4 is 9.47 Å². The number of sulfonamides is 1. The molecule has 2 aromatic carbocycles. The second kappa shape index (κ2) is 14.5. The fourth-order valence-corrected chi connectivity index (χ4v) is 6.13. The Kier molecular flexibility index (Phi) is 11.4. The van der Waals surface area contributed by atoms with Crippen molar-refractivity contribution < 1.29 is 27.4 Å². The minimum Gasteiger partial charge on any atom is -0.493 e. The molecule has 8 nitrogen and oxygen atoms in total. The Hall–Kier alpha value is -2.63. The van der Waals surface area contributed by atoms with E-state index in [1.807, 2.05) is 35.7 Å². The minimum atomic E-state index is -3.93. The molecular weight excluding hydrogens is 548 g/mol. The summed E-state index contributed by atoms with van der Waals surface area (Å²) in [6, 6.07) is 15.5. The average Bonchev–Trinajstić information content (AvgIpc) is 3.43. The molecule has 0 unspecified atom stereocenters. The van der Waals surface area contributed by atoms with Gasteiger partial charge in [0.05, 0.1) is 32.2 Å². The van der Waals surface area contributed by atoms with E-state index in [0.717, 1.165) is 10.4 Å². The Morgan fingerprint density at radius 3 is 2.34 bits per heavy atom. The van der Waals surface area contributed by atoms with Crippen molar-refractivity contribution in [3.05, 3.63) is 75.4 Å². The summed E-state index contributed by atoms with van der Waals surface area (Å²) in [5, 5.41) is 2.39. The van der Waals surface area contributed by atoms with Crippen LogP contribution >= 0.6 is 22.9 Å². The third-order valence-corrected chi connectivity index (χ3v) is 8.89. The summed E-state index contributed by atoms with van der Waals surface area (Å²) >= 11 is 7.51. The number of carbonyl (C=O) groups excluding carboxylic acids is 1. The van der Waals surface area contributed by atoms with Gasteiger partial charge in [0.15, 0.2) is 11.5 Å². The Morgan fingerprint density at radius 1 is 0.974 bits per heavy atom. The van der Waals surface area contributed by atoms with E-state index in [4.69, 9.17) is 25.8 Å². The molecule has 206 valence electrons. The fraction of sp³-hybridized carbons (Fsp3) is 0.370. The number of rotatable bonds is 15. The standard InChI is InChI=1S/C27H33ClN2O6S2/c1-34-16-5-14-30(38(32,33)24-10-8-22(28)9-11-24)20-27(31)29(19-23-6-4-17-37-23)15-13-21-7-12-25(35-2)26(18-21)36-3/h4,6-12,17-18H,5,13-16,19-20H2,1-3H3. The van der Waals surface area contributed by atoms with Gasteiger partial charge in [-0.2, -0.15) is 4.31 Å². The molecule has 0 radical (unpaired) electrons. The Labute approximate surface area is 233 Å². The molecule has 0 fully saturated rings. The van der Waals surface area contributed by atoms with Gasteiger partial charge in [-0.05, 0) is 66.2 Å². The van der Waals surface area contributed by atoms with Crippen LogP contribution in [0.5, 0.6) is 11.5 Å². The highest BCUT2D eigenvalue weighted by molar-refractivity contribution is 7.89. The van der Waals surface area contributed by atoms with E-state index in [2.05, 4.69) is 0 Å². The van der Waals surface area contributed by atoms with Crippen molar-refractivity contribution >= 4 is 38.9 Å². The second-order valence-corrected chi connectivity index (χ2v) is 11.9. The van der Waals surface area contributed by atoms with Crippen molar-refractivity contribution in [2.24, 2.45) is 0 Å². The average molecular weight is 581 g/mol. The van der Waals surface area contributed by atoms with E-state index in [-0.39, 0.29) is 23.9 Å². The molecule has 0 spiro atoms. The van der Waals surface area contributed by atoms with E-state index in [0.29, 0.717) is 49.1 Å². The molecule has 0 atom stereocenters. The van der Waals surface area contributed by atoms with Crippen LogP contribution in [0.15, 0.2) is 64.9 Å². The number of nitrogens with zero attached hydrogens (tertiary/aromatic N) is 2. The van der Waals surface area contributed by atoms with Gasteiger partial charge in [-0.25, -0.2) is 8.42 Å². The maximum absolute atomic E-state index is 13.6. The van der Waals surface area contributed by atoms with Crippen molar-refractivity contribution in [1.29, 1.82) is 0 Å². The molecule has 0 aliphatic heterocycles. The third-order valence-electron chi connectivity index (χ3n) is 5.92. The molecule has 3 rings (SSSR count). The Balaban J connectivity index is 1.82. The molecule has 1 heterocycles. The number of carbonyl (C=O) groups is 1. The van der Waals surface area contributed by atoms with Crippen LogP contribution in [0.25, 0.3) is 0 Å². The van der Waals surface area contributed by atoms with Crippen LogP contribution in [0.3, 0.4) is 0 Å². The molecule has 3 aromatic rings. The molecule has 0 aliphatic carbocycles. The normalized spacial score (nSPS) is 11.5. The smallest absolute Gasteiger partial charge is 0.243 e. The summed E-state index contributed by atoms with van der Waals surface area (Å²) in [5.74, 6) is 0.954. The van der Waals surface area contributed by atoms with Gasteiger partial charge in [-0.15, -0.1) is 11.3 Å². The van der Waals surface area contributed by atoms with Crippen LogP contribution in [0.2, 0.25) is 5.02 Å². The van der Waals surface area contributed by atoms with Gasteiger partial charge in [-0.3, -0.25) is 4.79 Å². The van der Waals surface area contributed by atoms with Crippen molar-refractivity contribution in [3.8, 4) is 11.5 Å². The molecule has 0 bridgehead atoms. The first-order valence-corrected chi connectivity index (χ1v) is 14.7. The van der Waals surface area contributed by atoms with Crippen LogP contribution in [0.4, 0.5) is 0 Å². The summed E-state index contributed by atoms with van der Waals surface area (Å²) < 4.78 is 44.0. The van der Waals surface area contributed by atoms with Gasteiger partial charge in [0.25, 0.3) is 0 Å². The summed E-state index contributed by atoms with van der Waals surface area (Å²) in [7, 11) is 0.783. The maximum atomic E-state index is 13.6. The first kappa shape index (κ1) is 29.9. The fourth-order valence-electron chi connectivity index (χ4n) is 3.86. The predicted molar refractivity (Wildman–Crippen MR) is 150 cm³/mol. The van der Waals surface area contributed by atoms with Crippen LogP contribution in [-0.2, 0) is 32.5 Å².